The first kappa shape index (κ1) is 27.0. The van der Waals surface area contributed by atoms with E-state index >= 15 is 0 Å². The third-order valence-electron chi connectivity index (χ3n) is 8.31. The molecule has 5 unspecified atom stereocenters. The Labute approximate surface area is 193 Å². The molecule has 6 nitrogen and oxygen atoms in total. The van der Waals surface area contributed by atoms with Gasteiger partial charge < -0.3 is 31.1 Å². The fraction of sp³-hybridized carbons (Fsp3) is 1.00. The molecule has 2 saturated heterocycles. The van der Waals surface area contributed by atoms with E-state index in [1.165, 1.54) is 45.2 Å². The fourth-order valence-electron chi connectivity index (χ4n) is 5.34. The highest BCUT2D eigenvalue weighted by Gasteiger charge is 2.33. The summed E-state index contributed by atoms with van der Waals surface area (Å²) in [5.74, 6) is 0.612. The Morgan fingerprint density at radius 1 is 0.710 bits per heavy atom. The van der Waals surface area contributed by atoms with Crippen LogP contribution in [0.1, 0.15) is 59.8 Å². The maximum atomic E-state index is 3.85. The van der Waals surface area contributed by atoms with Crippen molar-refractivity contribution < 1.29 is 0 Å². The molecule has 0 aliphatic carbocycles. The van der Waals surface area contributed by atoms with Gasteiger partial charge in [-0.2, -0.15) is 0 Å². The molecular formula is C25H54N6. The molecule has 0 amide bonds. The second kappa shape index (κ2) is 14.1. The minimum atomic E-state index is 0.223. The van der Waals surface area contributed by atoms with Crippen LogP contribution >= 0.6 is 0 Å². The summed E-state index contributed by atoms with van der Waals surface area (Å²) >= 11 is 0. The zero-order valence-corrected chi connectivity index (χ0v) is 21.6. The summed E-state index contributed by atoms with van der Waals surface area (Å²) < 4.78 is 0. The molecule has 31 heavy (non-hydrogen) atoms. The number of nitrogens with one attached hydrogen (secondary N) is 4. The van der Waals surface area contributed by atoms with Gasteiger partial charge in [0.25, 0.3) is 0 Å². The number of fused-ring (bicyclic) bond motifs is 7. The van der Waals surface area contributed by atoms with Crippen molar-refractivity contribution in [1.29, 1.82) is 0 Å². The molecular weight excluding hydrogens is 384 g/mol. The number of hydrogen-bond donors (Lipinski definition) is 4. The van der Waals surface area contributed by atoms with Crippen LogP contribution in [0.15, 0.2) is 0 Å². The first-order valence-corrected chi connectivity index (χ1v) is 13.1. The molecule has 0 aromatic rings. The molecule has 5 atom stereocenters. The Bertz CT molecular complexity index is 475. The average molecular weight is 439 g/mol. The summed E-state index contributed by atoms with van der Waals surface area (Å²) in [6.45, 7) is 19.6. The Morgan fingerprint density at radius 2 is 1.32 bits per heavy atom. The second-order valence-electron chi connectivity index (χ2n) is 10.8. The molecule has 0 aromatic heterocycles. The van der Waals surface area contributed by atoms with Crippen LogP contribution in [0.2, 0.25) is 0 Å². The molecule has 2 bridgehead atoms. The normalized spacial score (nSPS) is 38.1. The Hall–Kier alpha value is -0.240. The molecule has 4 N–H and O–H groups in total. The van der Waals surface area contributed by atoms with E-state index in [0.717, 1.165) is 45.8 Å². The van der Waals surface area contributed by atoms with Gasteiger partial charge in [0.15, 0.2) is 0 Å². The van der Waals surface area contributed by atoms with Gasteiger partial charge in [-0.15, -0.1) is 0 Å². The summed E-state index contributed by atoms with van der Waals surface area (Å²) in [5, 5.41) is 15.2. The monoisotopic (exact) mass is 438 g/mol. The van der Waals surface area contributed by atoms with Crippen LogP contribution < -0.4 is 21.3 Å². The van der Waals surface area contributed by atoms with Crippen molar-refractivity contribution in [3.63, 3.8) is 0 Å². The van der Waals surface area contributed by atoms with Crippen molar-refractivity contribution in [2.24, 2.45) is 11.3 Å². The number of nitrogens with zero attached hydrogens (tertiary/aromatic N) is 2. The molecule has 0 radical (unpaired) electrons. The van der Waals surface area contributed by atoms with Crippen molar-refractivity contribution in [3.8, 4) is 0 Å². The van der Waals surface area contributed by atoms with Crippen molar-refractivity contribution in [2.45, 2.75) is 77.9 Å². The standard InChI is InChI=1S/C25H54N6/c1-21-24-18-26-14-15-28-20-25(4,19-27-12-11-13-29-21)23(3)31(6)17-10-8-7-9-16-30(5)22(24)2/h21-24,26-29H,7-20H2,1-6H3. The van der Waals surface area contributed by atoms with Gasteiger partial charge in [0.2, 0.25) is 0 Å². The first-order valence-electron chi connectivity index (χ1n) is 13.1. The van der Waals surface area contributed by atoms with Gasteiger partial charge in [0, 0.05) is 62.2 Å². The molecule has 2 aliphatic heterocycles. The lowest BCUT2D eigenvalue weighted by atomic mass is 9.81. The van der Waals surface area contributed by atoms with Crippen molar-refractivity contribution in [1.82, 2.24) is 31.1 Å². The van der Waals surface area contributed by atoms with E-state index in [1.54, 1.807) is 0 Å². The van der Waals surface area contributed by atoms with Gasteiger partial charge in [-0.1, -0.05) is 19.8 Å². The third kappa shape index (κ3) is 8.90. The summed E-state index contributed by atoms with van der Waals surface area (Å²) in [5.41, 5.74) is 0.223. The lowest BCUT2D eigenvalue weighted by Crippen LogP contribution is -2.53. The van der Waals surface area contributed by atoms with Crippen LogP contribution in [0.3, 0.4) is 0 Å². The van der Waals surface area contributed by atoms with E-state index in [2.05, 4.69) is 72.9 Å². The fourth-order valence-corrected chi connectivity index (χ4v) is 5.34. The quantitative estimate of drug-likeness (QED) is 0.464. The lowest BCUT2D eigenvalue weighted by molar-refractivity contribution is 0.104. The van der Waals surface area contributed by atoms with Gasteiger partial charge in [-0.3, -0.25) is 0 Å². The van der Waals surface area contributed by atoms with Crippen LogP contribution in [-0.2, 0) is 0 Å². The van der Waals surface area contributed by atoms with Gasteiger partial charge in [-0.05, 0) is 80.3 Å². The highest BCUT2D eigenvalue weighted by atomic mass is 15.2. The number of rotatable bonds is 0. The van der Waals surface area contributed by atoms with Gasteiger partial charge in [0.05, 0.1) is 0 Å². The summed E-state index contributed by atoms with van der Waals surface area (Å²) in [4.78, 5) is 5.20. The largest absolute Gasteiger partial charge is 0.316 e. The Balaban J connectivity index is 2.17. The second-order valence-corrected chi connectivity index (χ2v) is 10.8. The molecule has 2 aliphatic rings. The van der Waals surface area contributed by atoms with Crippen LogP contribution in [0.4, 0.5) is 0 Å². The minimum Gasteiger partial charge on any atom is -0.316 e. The van der Waals surface area contributed by atoms with Crippen LogP contribution in [0, 0.1) is 11.3 Å². The van der Waals surface area contributed by atoms with Crippen LogP contribution in [0.5, 0.6) is 0 Å². The molecule has 2 fully saturated rings. The maximum absolute atomic E-state index is 3.85. The van der Waals surface area contributed by atoms with E-state index in [9.17, 15) is 0 Å². The molecule has 2 heterocycles. The first-order chi connectivity index (χ1) is 14.8. The Kier molecular flexibility index (Phi) is 12.3. The smallest absolute Gasteiger partial charge is 0.0142 e. The zero-order valence-electron chi connectivity index (χ0n) is 21.6. The molecule has 2 rings (SSSR count). The van der Waals surface area contributed by atoms with Gasteiger partial charge in [-0.25, -0.2) is 0 Å². The maximum Gasteiger partial charge on any atom is 0.0142 e. The predicted octanol–water partition coefficient (Wildman–Crippen LogP) is 1.97. The highest BCUT2D eigenvalue weighted by molar-refractivity contribution is 4.90. The lowest BCUT2D eigenvalue weighted by Gasteiger charge is -2.41. The molecule has 0 spiro atoms. The van der Waals surface area contributed by atoms with Crippen molar-refractivity contribution in [3.05, 3.63) is 0 Å². The van der Waals surface area contributed by atoms with Crippen molar-refractivity contribution in [2.75, 3.05) is 73.0 Å². The zero-order chi connectivity index (χ0) is 22.7. The molecule has 0 saturated carbocycles. The van der Waals surface area contributed by atoms with Crippen LogP contribution in [-0.4, -0.2) is 101 Å². The summed E-state index contributed by atoms with van der Waals surface area (Å²) in [6, 6.07) is 1.64. The van der Waals surface area contributed by atoms with E-state index in [-0.39, 0.29) is 5.41 Å². The van der Waals surface area contributed by atoms with Gasteiger partial charge in [0.1, 0.15) is 0 Å². The highest BCUT2D eigenvalue weighted by Crippen LogP contribution is 2.24. The average Bonchev–Trinajstić information content (AvgIpc) is 2.75. The van der Waals surface area contributed by atoms with E-state index in [1.807, 2.05) is 0 Å². The van der Waals surface area contributed by atoms with Crippen molar-refractivity contribution >= 4 is 0 Å². The number of hydrogen-bond acceptors (Lipinski definition) is 6. The van der Waals surface area contributed by atoms with Crippen LogP contribution in [0.25, 0.3) is 0 Å². The third-order valence-corrected chi connectivity index (χ3v) is 8.31. The molecule has 184 valence electrons. The van der Waals surface area contributed by atoms with E-state index in [4.69, 9.17) is 0 Å². The van der Waals surface area contributed by atoms with E-state index in [0.29, 0.717) is 24.0 Å². The summed E-state index contributed by atoms with van der Waals surface area (Å²) in [7, 11) is 4.65. The molecule has 0 aromatic carbocycles. The van der Waals surface area contributed by atoms with Gasteiger partial charge >= 0.3 is 0 Å². The summed E-state index contributed by atoms with van der Waals surface area (Å²) in [6.07, 6.45) is 6.49. The Morgan fingerprint density at radius 3 is 2.03 bits per heavy atom. The minimum absolute atomic E-state index is 0.223. The molecule has 6 heteroatoms. The van der Waals surface area contributed by atoms with E-state index < -0.39 is 0 Å². The topological polar surface area (TPSA) is 54.6 Å². The predicted molar refractivity (Wildman–Crippen MR) is 135 cm³/mol. The SMILES string of the molecule is CC1NCCCNCC2(C)CNCCNCC1C(C)N(C)CCCCCCN(C)C2C.